The van der Waals surface area contributed by atoms with E-state index in [0.29, 0.717) is 36.0 Å². The van der Waals surface area contributed by atoms with E-state index in [9.17, 15) is 9.90 Å². The van der Waals surface area contributed by atoms with Gasteiger partial charge in [-0.1, -0.05) is 39.0 Å². The van der Waals surface area contributed by atoms with Crippen molar-refractivity contribution in [2.75, 3.05) is 23.7 Å². The number of fused-ring (bicyclic) bond motifs is 1. The molecule has 0 aliphatic carbocycles. The summed E-state index contributed by atoms with van der Waals surface area (Å²) in [5.41, 5.74) is 5.91. The second-order valence-corrected chi connectivity index (χ2v) is 10.7. The summed E-state index contributed by atoms with van der Waals surface area (Å²) in [6.45, 7) is 12.8. The van der Waals surface area contributed by atoms with Crippen molar-refractivity contribution in [2.45, 2.75) is 59.5 Å². The quantitative estimate of drug-likeness (QED) is 0.210. The first-order valence-electron chi connectivity index (χ1n) is 13.2. The van der Waals surface area contributed by atoms with Crippen molar-refractivity contribution >= 4 is 28.7 Å². The van der Waals surface area contributed by atoms with E-state index in [1.54, 1.807) is 24.6 Å². The number of benzene rings is 2. The van der Waals surface area contributed by atoms with E-state index in [1.807, 2.05) is 50.2 Å². The summed E-state index contributed by atoms with van der Waals surface area (Å²) in [5, 5.41) is 24.9. The molecular weight excluding hydrogens is 476 g/mol. The second-order valence-electron chi connectivity index (χ2n) is 10.7. The maximum atomic E-state index is 12.5. The van der Waals surface area contributed by atoms with Crippen molar-refractivity contribution in [1.82, 2.24) is 19.9 Å². The molecule has 2 aromatic heterocycles. The Balaban J connectivity index is 1.76. The number of carbonyl (C=O) groups excluding carboxylic acids is 1. The normalized spacial score (nSPS) is 11.7. The Hall–Kier alpha value is -3.91. The summed E-state index contributed by atoms with van der Waals surface area (Å²) in [4.78, 5) is 17.2. The van der Waals surface area contributed by atoms with Crippen LogP contribution in [0.2, 0.25) is 0 Å². The minimum absolute atomic E-state index is 0.0691. The largest absolute Gasteiger partial charge is 0.389 e. The number of nitrogens with zero attached hydrogens (tertiary/aromatic N) is 3. The minimum atomic E-state index is -0.903. The van der Waals surface area contributed by atoms with E-state index in [1.165, 1.54) is 5.56 Å². The lowest BCUT2D eigenvalue weighted by molar-refractivity contribution is 0.0941. The number of hydrogen-bond acceptors (Lipinski definition) is 6. The third-order valence-corrected chi connectivity index (χ3v) is 6.31. The van der Waals surface area contributed by atoms with Crippen molar-refractivity contribution in [3.8, 4) is 11.3 Å². The van der Waals surface area contributed by atoms with Gasteiger partial charge in [-0.05, 0) is 68.5 Å². The molecular formula is C30H38N6O2. The van der Waals surface area contributed by atoms with Gasteiger partial charge in [-0.2, -0.15) is 0 Å². The molecule has 1 amide bonds. The second kappa shape index (κ2) is 11.2. The van der Waals surface area contributed by atoms with Crippen LogP contribution in [0.25, 0.3) is 16.9 Å². The van der Waals surface area contributed by atoms with Crippen LogP contribution < -0.4 is 16.0 Å². The van der Waals surface area contributed by atoms with Crippen LogP contribution in [0.5, 0.6) is 0 Å². The Morgan fingerprint density at radius 2 is 1.92 bits per heavy atom. The van der Waals surface area contributed by atoms with E-state index in [4.69, 9.17) is 5.10 Å². The Morgan fingerprint density at radius 3 is 2.61 bits per heavy atom. The fraction of sp³-hybridized carbons (Fsp3) is 0.367. The summed E-state index contributed by atoms with van der Waals surface area (Å²) >= 11 is 0. The summed E-state index contributed by atoms with van der Waals surface area (Å²) in [6.07, 6.45) is 2.67. The molecule has 0 fully saturated rings. The number of aliphatic hydroxyl groups is 1. The molecule has 4 aromatic rings. The van der Waals surface area contributed by atoms with Gasteiger partial charge < -0.3 is 21.1 Å². The van der Waals surface area contributed by atoms with E-state index in [0.717, 1.165) is 34.6 Å². The molecule has 4 N–H and O–H groups in total. The molecule has 0 aliphatic heterocycles. The van der Waals surface area contributed by atoms with Gasteiger partial charge in [0.2, 0.25) is 0 Å². The molecule has 0 saturated carbocycles. The predicted molar refractivity (Wildman–Crippen MR) is 154 cm³/mol. The number of aromatic nitrogens is 3. The third-order valence-electron chi connectivity index (χ3n) is 6.31. The van der Waals surface area contributed by atoms with Crippen molar-refractivity contribution < 1.29 is 9.90 Å². The highest BCUT2D eigenvalue weighted by Gasteiger charge is 2.18. The first-order valence-corrected chi connectivity index (χ1v) is 13.2. The molecule has 8 nitrogen and oxygen atoms in total. The van der Waals surface area contributed by atoms with E-state index in [-0.39, 0.29) is 5.91 Å². The first kappa shape index (κ1) is 27.1. The number of nitrogens with one attached hydrogen (secondary N) is 3. The van der Waals surface area contributed by atoms with Gasteiger partial charge in [0, 0.05) is 36.0 Å². The molecule has 0 unspecified atom stereocenters. The average molecular weight is 515 g/mol. The van der Waals surface area contributed by atoms with Gasteiger partial charge >= 0.3 is 0 Å². The Labute approximate surface area is 224 Å². The number of rotatable bonds is 10. The topological polar surface area (TPSA) is 104 Å². The SMILES string of the molecule is CCCNC(=O)c1ccc(-c2cnc3c(NCC(C)(C)O)cc(Nc4cccc(C(C)C)c4)nn23)cc1C. The highest BCUT2D eigenvalue weighted by Crippen LogP contribution is 2.29. The zero-order chi connectivity index (χ0) is 27.4. The van der Waals surface area contributed by atoms with Crippen molar-refractivity contribution in [3.63, 3.8) is 0 Å². The van der Waals surface area contributed by atoms with Crippen LogP contribution in [0.1, 0.15) is 68.4 Å². The van der Waals surface area contributed by atoms with Crippen LogP contribution in [0.3, 0.4) is 0 Å². The average Bonchev–Trinajstić information content (AvgIpc) is 3.29. The Morgan fingerprint density at radius 1 is 1.13 bits per heavy atom. The molecule has 8 heteroatoms. The summed E-state index contributed by atoms with van der Waals surface area (Å²) in [5.74, 6) is 0.982. The molecule has 38 heavy (non-hydrogen) atoms. The number of aryl methyl sites for hydroxylation is 1. The van der Waals surface area contributed by atoms with Crippen LogP contribution in [-0.2, 0) is 0 Å². The number of hydrogen-bond donors (Lipinski definition) is 4. The van der Waals surface area contributed by atoms with Gasteiger partial charge in [0.25, 0.3) is 5.91 Å². The molecule has 4 rings (SSSR count). The van der Waals surface area contributed by atoms with E-state index in [2.05, 4.69) is 46.9 Å². The monoisotopic (exact) mass is 514 g/mol. The Kier molecular flexibility index (Phi) is 8.02. The number of imidazole rings is 1. The maximum absolute atomic E-state index is 12.5. The zero-order valence-electron chi connectivity index (χ0n) is 23.1. The van der Waals surface area contributed by atoms with Crippen molar-refractivity contribution in [2.24, 2.45) is 0 Å². The smallest absolute Gasteiger partial charge is 0.251 e. The minimum Gasteiger partial charge on any atom is -0.389 e. The molecule has 0 radical (unpaired) electrons. The lowest BCUT2D eigenvalue weighted by Gasteiger charge is -2.19. The molecule has 2 aromatic carbocycles. The lowest BCUT2D eigenvalue weighted by atomic mass is 10.0. The highest BCUT2D eigenvalue weighted by molar-refractivity contribution is 5.96. The Bertz CT molecular complexity index is 1430. The van der Waals surface area contributed by atoms with Gasteiger partial charge in [-0.25, -0.2) is 9.50 Å². The van der Waals surface area contributed by atoms with Gasteiger partial charge in [-0.3, -0.25) is 4.79 Å². The predicted octanol–water partition coefficient (Wildman–Crippen LogP) is 5.89. The van der Waals surface area contributed by atoms with E-state index >= 15 is 0 Å². The fourth-order valence-corrected chi connectivity index (χ4v) is 4.20. The molecule has 200 valence electrons. The highest BCUT2D eigenvalue weighted by atomic mass is 16.3. The van der Waals surface area contributed by atoms with Gasteiger partial charge in [0.1, 0.15) is 0 Å². The zero-order valence-corrected chi connectivity index (χ0v) is 23.1. The van der Waals surface area contributed by atoms with Crippen LogP contribution >= 0.6 is 0 Å². The van der Waals surface area contributed by atoms with E-state index < -0.39 is 5.60 Å². The molecule has 0 aliphatic rings. The van der Waals surface area contributed by atoms with Crippen molar-refractivity contribution in [1.29, 1.82) is 0 Å². The van der Waals surface area contributed by atoms with Crippen LogP contribution in [0.15, 0.2) is 54.7 Å². The van der Waals surface area contributed by atoms with Gasteiger partial charge in [0.15, 0.2) is 11.5 Å². The lowest BCUT2D eigenvalue weighted by Crippen LogP contribution is -2.29. The molecule has 0 bridgehead atoms. The van der Waals surface area contributed by atoms with Crippen LogP contribution in [0, 0.1) is 6.92 Å². The molecule has 0 atom stereocenters. The summed E-state index contributed by atoms with van der Waals surface area (Å²) < 4.78 is 1.80. The number of carbonyl (C=O) groups is 1. The van der Waals surface area contributed by atoms with Gasteiger partial charge in [0.05, 0.1) is 23.2 Å². The first-order chi connectivity index (χ1) is 18.1. The molecule has 2 heterocycles. The standard InChI is InChI=1S/C30H38N6O2/c1-7-13-31-29(37)24-12-11-22(14-20(24)4)26-17-32-28-25(33-18-30(5,6)38)16-27(35-36(26)28)34-23-10-8-9-21(15-23)19(2)3/h8-12,14-17,19,33,38H,7,13,18H2,1-6H3,(H,31,37)(H,34,35). The van der Waals surface area contributed by atoms with Crippen LogP contribution in [-0.4, -0.2) is 44.3 Å². The third kappa shape index (κ3) is 6.31. The number of anilines is 3. The van der Waals surface area contributed by atoms with Gasteiger partial charge in [-0.15, -0.1) is 5.10 Å². The van der Waals surface area contributed by atoms with Crippen LogP contribution in [0.4, 0.5) is 17.2 Å². The maximum Gasteiger partial charge on any atom is 0.251 e. The fourth-order valence-electron chi connectivity index (χ4n) is 4.20. The summed E-state index contributed by atoms with van der Waals surface area (Å²) in [7, 11) is 0. The molecule has 0 saturated heterocycles. The molecule has 0 spiro atoms. The summed E-state index contributed by atoms with van der Waals surface area (Å²) in [6, 6.07) is 16.0. The van der Waals surface area contributed by atoms with Crippen molar-refractivity contribution in [3.05, 3.63) is 71.4 Å². The number of amides is 1.